The van der Waals surface area contributed by atoms with E-state index in [1.807, 2.05) is 24.3 Å². The summed E-state index contributed by atoms with van der Waals surface area (Å²) in [6.07, 6.45) is 4.02. The Balaban J connectivity index is 1.83. The molecular formula is C16H23NO2. The van der Waals surface area contributed by atoms with E-state index in [0.29, 0.717) is 5.41 Å². The lowest BCUT2D eigenvalue weighted by Gasteiger charge is -2.38. The van der Waals surface area contributed by atoms with Crippen molar-refractivity contribution in [2.75, 3.05) is 6.54 Å². The maximum Gasteiger partial charge on any atom is 0.310 e. The second-order valence-corrected chi connectivity index (χ2v) is 6.07. The third-order valence-corrected chi connectivity index (χ3v) is 4.29. The van der Waals surface area contributed by atoms with Crippen molar-refractivity contribution in [2.24, 2.45) is 5.41 Å². The molecule has 0 saturated heterocycles. The van der Waals surface area contributed by atoms with Gasteiger partial charge in [-0.1, -0.05) is 37.6 Å². The maximum absolute atomic E-state index is 10.9. The Kier molecular flexibility index (Phi) is 4.25. The molecule has 0 amide bonds. The first-order valence-electron chi connectivity index (χ1n) is 7.03. The minimum Gasteiger partial charge on any atom is -0.481 e. The van der Waals surface area contributed by atoms with Gasteiger partial charge < -0.3 is 10.4 Å². The normalized spacial score (nSPS) is 18.6. The van der Waals surface area contributed by atoms with E-state index in [1.165, 1.54) is 24.8 Å². The monoisotopic (exact) mass is 261 g/mol. The summed E-state index contributed by atoms with van der Waals surface area (Å²) in [6, 6.07) is 7.87. The molecule has 1 unspecified atom stereocenters. The molecule has 1 aliphatic rings. The zero-order valence-electron chi connectivity index (χ0n) is 11.8. The first-order valence-corrected chi connectivity index (χ1v) is 7.03. The van der Waals surface area contributed by atoms with E-state index in [4.69, 9.17) is 5.11 Å². The third kappa shape index (κ3) is 3.57. The minimum absolute atomic E-state index is 0.434. The molecule has 0 aromatic heterocycles. The quantitative estimate of drug-likeness (QED) is 0.827. The van der Waals surface area contributed by atoms with Gasteiger partial charge in [-0.25, -0.2) is 0 Å². The van der Waals surface area contributed by atoms with Gasteiger partial charge in [-0.3, -0.25) is 4.79 Å². The van der Waals surface area contributed by atoms with Crippen LogP contribution in [0.4, 0.5) is 0 Å². The van der Waals surface area contributed by atoms with Crippen LogP contribution < -0.4 is 5.32 Å². The molecule has 1 fully saturated rings. The fraction of sp³-hybridized carbons (Fsp3) is 0.562. The van der Waals surface area contributed by atoms with Crippen molar-refractivity contribution in [1.82, 2.24) is 5.32 Å². The summed E-state index contributed by atoms with van der Waals surface area (Å²) in [5.74, 6) is -1.21. The second-order valence-electron chi connectivity index (χ2n) is 6.07. The van der Waals surface area contributed by atoms with Crippen molar-refractivity contribution < 1.29 is 9.90 Å². The van der Waals surface area contributed by atoms with Crippen molar-refractivity contribution >= 4 is 5.97 Å². The number of rotatable bonds is 6. The van der Waals surface area contributed by atoms with Crippen molar-refractivity contribution in [2.45, 2.75) is 45.6 Å². The first-order chi connectivity index (χ1) is 9.00. The van der Waals surface area contributed by atoms with Crippen LogP contribution in [0.25, 0.3) is 0 Å². The molecule has 2 rings (SSSR count). The summed E-state index contributed by atoms with van der Waals surface area (Å²) in [5.41, 5.74) is 2.57. The lowest BCUT2D eigenvalue weighted by atomic mass is 9.70. The highest BCUT2D eigenvalue weighted by molar-refractivity contribution is 5.75. The van der Waals surface area contributed by atoms with Gasteiger partial charge >= 0.3 is 5.97 Å². The van der Waals surface area contributed by atoms with E-state index in [2.05, 4.69) is 12.2 Å². The molecule has 2 N–H and O–H groups in total. The maximum atomic E-state index is 10.9. The number of benzene rings is 1. The molecule has 0 spiro atoms. The Morgan fingerprint density at radius 2 is 2.00 bits per heavy atom. The number of aliphatic carboxylic acids is 1. The molecule has 1 atom stereocenters. The molecule has 1 aliphatic carbocycles. The van der Waals surface area contributed by atoms with E-state index < -0.39 is 11.9 Å². The predicted octanol–water partition coefficient (Wildman–Crippen LogP) is 3.15. The van der Waals surface area contributed by atoms with Crippen LogP contribution in [-0.4, -0.2) is 17.6 Å². The summed E-state index contributed by atoms with van der Waals surface area (Å²) < 4.78 is 0. The second kappa shape index (κ2) is 5.74. The zero-order chi connectivity index (χ0) is 13.9. The Morgan fingerprint density at radius 3 is 2.47 bits per heavy atom. The average Bonchev–Trinajstić information content (AvgIpc) is 2.36. The van der Waals surface area contributed by atoms with E-state index in [1.54, 1.807) is 6.92 Å². The molecule has 1 aromatic rings. The molecule has 0 radical (unpaired) electrons. The molecule has 0 heterocycles. The average molecular weight is 261 g/mol. The molecule has 3 heteroatoms. The van der Waals surface area contributed by atoms with Crippen molar-refractivity contribution in [3.05, 3.63) is 35.4 Å². The number of hydrogen-bond donors (Lipinski definition) is 2. The Morgan fingerprint density at radius 1 is 1.37 bits per heavy atom. The van der Waals surface area contributed by atoms with Crippen LogP contribution in [0, 0.1) is 5.41 Å². The molecule has 0 bridgehead atoms. The van der Waals surface area contributed by atoms with Gasteiger partial charge in [-0.05, 0) is 36.3 Å². The number of nitrogens with one attached hydrogen (secondary N) is 1. The largest absolute Gasteiger partial charge is 0.481 e. The third-order valence-electron chi connectivity index (χ3n) is 4.29. The van der Waals surface area contributed by atoms with E-state index >= 15 is 0 Å². The van der Waals surface area contributed by atoms with Gasteiger partial charge in [0, 0.05) is 13.1 Å². The van der Waals surface area contributed by atoms with Gasteiger partial charge in [-0.2, -0.15) is 0 Å². The fourth-order valence-electron chi connectivity index (χ4n) is 2.53. The van der Waals surface area contributed by atoms with Crippen molar-refractivity contribution in [3.8, 4) is 0 Å². The molecule has 1 saturated carbocycles. The van der Waals surface area contributed by atoms with Crippen LogP contribution in [0.1, 0.15) is 50.2 Å². The Labute approximate surface area is 115 Å². The summed E-state index contributed by atoms with van der Waals surface area (Å²) in [7, 11) is 0. The van der Waals surface area contributed by atoms with Gasteiger partial charge in [-0.15, -0.1) is 0 Å². The highest BCUT2D eigenvalue weighted by Gasteiger charge is 2.30. The van der Waals surface area contributed by atoms with Gasteiger partial charge in [0.1, 0.15) is 0 Å². The smallest absolute Gasteiger partial charge is 0.310 e. The van der Waals surface area contributed by atoms with Gasteiger partial charge in [0.2, 0.25) is 0 Å². The van der Waals surface area contributed by atoms with Crippen LogP contribution in [0.15, 0.2) is 24.3 Å². The van der Waals surface area contributed by atoms with Crippen LogP contribution in [0.3, 0.4) is 0 Å². The van der Waals surface area contributed by atoms with Crippen molar-refractivity contribution in [1.29, 1.82) is 0 Å². The highest BCUT2D eigenvalue weighted by atomic mass is 16.4. The fourth-order valence-corrected chi connectivity index (χ4v) is 2.53. The van der Waals surface area contributed by atoms with E-state index in [9.17, 15) is 4.79 Å². The molecular weight excluding hydrogens is 238 g/mol. The first kappa shape index (κ1) is 14.1. The minimum atomic E-state index is -0.774. The molecule has 19 heavy (non-hydrogen) atoms. The summed E-state index contributed by atoms with van der Waals surface area (Å²) in [6.45, 7) is 5.98. The van der Waals surface area contributed by atoms with Crippen LogP contribution in [0.2, 0.25) is 0 Å². The standard InChI is InChI=1S/C16H23NO2/c1-12(15(18)19)14-6-4-13(5-7-14)10-17-11-16(2)8-3-9-16/h4-7,12,17H,3,8-11H2,1-2H3,(H,18,19). The van der Waals surface area contributed by atoms with Gasteiger partial charge in [0.05, 0.1) is 5.92 Å². The lowest BCUT2D eigenvalue weighted by Crippen LogP contribution is -2.36. The molecule has 3 nitrogen and oxygen atoms in total. The Hall–Kier alpha value is -1.35. The number of hydrogen-bond acceptors (Lipinski definition) is 2. The molecule has 0 aliphatic heterocycles. The Bertz CT molecular complexity index is 435. The summed E-state index contributed by atoms with van der Waals surface area (Å²) in [5, 5.41) is 12.5. The number of carbonyl (C=O) groups is 1. The van der Waals surface area contributed by atoms with E-state index in [0.717, 1.165) is 18.7 Å². The van der Waals surface area contributed by atoms with Gasteiger partial charge in [0.15, 0.2) is 0 Å². The lowest BCUT2D eigenvalue weighted by molar-refractivity contribution is -0.138. The molecule has 104 valence electrons. The summed E-state index contributed by atoms with van der Waals surface area (Å²) >= 11 is 0. The van der Waals surface area contributed by atoms with Crippen LogP contribution in [-0.2, 0) is 11.3 Å². The van der Waals surface area contributed by atoms with Crippen molar-refractivity contribution in [3.63, 3.8) is 0 Å². The van der Waals surface area contributed by atoms with Crippen LogP contribution >= 0.6 is 0 Å². The van der Waals surface area contributed by atoms with Crippen LogP contribution in [0.5, 0.6) is 0 Å². The number of carboxylic acids is 1. The highest BCUT2D eigenvalue weighted by Crippen LogP contribution is 2.39. The predicted molar refractivity (Wildman–Crippen MR) is 76.2 cm³/mol. The zero-order valence-corrected chi connectivity index (χ0v) is 11.8. The van der Waals surface area contributed by atoms with E-state index in [-0.39, 0.29) is 0 Å². The number of carboxylic acid groups (broad SMARTS) is 1. The topological polar surface area (TPSA) is 49.3 Å². The SMILES string of the molecule is CC(C(=O)O)c1ccc(CNCC2(C)CCC2)cc1. The summed E-state index contributed by atoms with van der Waals surface area (Å²) in [4.78, 5) is 10.9. The van der Waals surface area contributed by atoms with Gasteiger partial charge in [0.25, 0.3) is 0 Å². The molecule has 1 aromatic carbocycles.